The van der Waals surface area contributed by atoms with Crippen LogP contribution in [0.5, 0.6) is 0 Å². The fraction of sp³-hybridized carbons (Fsp3) is 0.217. The van der Waals surface area contributed by atoms with Crippen LogP contribution >= 0.6 is 0 Å². The zero-order valence-corrected chi connectivity index (χ0v) is 15.8. The van der Waals surface area contributed by atoms with Gasteiger partial charge in [-0.05, 0) is 49.2 Å². The van der Waals surface area contributed by atoms with Crippen LogP contribution in [0.15, 0.2) is 71.1 Å². The lowest BCUT2D eigenvalue weighted by molar-refractivity contribution is 0.0668. The molecule has 0 radical (unpaired) electrons. The van der Waals surface area contributed by atoms with Crippen LogP contribution in [0.1, 0.15) is 33.8 Å². The molecule has 5 nitrogen and oxygen atoms in total. The second-order valence-corrected chi connectivity index (χ2v) is 7.05. The SMILES string of the molecule is O=C(NC1CCN(C(=O)c2ccc(-c3ccccc3F)o2)CC1)c1ccccc1. The first-order chi connectivity index (χ1) is 14.1. The molecule has 1 saturated heterocycles. The first kappa shape index (κ1) is 18.9. The number of hydrogen-bond acceptors (Lipinski definition) is 3. The van der Waals surface area contributed by atoms with E-state index in [9.17, 15) is 14.0 Å². The van der Waals surface area contributed by atoms with Crippen LogP contribution in [0.4, 0.5) is 4.39 Å². The van der Waals surface area contributed by atoms with E-state index in [2.05, 4.69) is 5.32 Å². The normalized spacial score (nSPS) is 14.6. The summed E-state index contributed by atoms with van der Waals surface area (Å²) in [7, 11) is 0. The van der Waals surface area contributed by atoms with Crippen molar-refractivity contribution in [2.75, 3.05) is 13.1 Å². The molecule has 1 aliphatic rings. The number of halogens is 1. The molecule has 29 heavy (non-hydrogen) atoms. The minimum absolute atomic E-state index is 0.0253. The van der Waals surface area contributed by atoms with E-state index < -0.39 is 5.82 Å². The molecule has 4 rings (SSSR count). The van der Waals surface area contributed by atoms with E-state index in [1.165, 1.54) is 6.07 Å². The molecular formula is C23H21FN2O3. The van der Waals surface area contributed by atoms with Crippen molar-refractivity contribution in [3.8, 4) is 11.3 Å². The first-order valence-corrected chi connectivity index (χ1v) is 9.62. The van der Waals surface area contributed by atoms with Gasteiger partial charge < -0.3 is 14.6 Å². The molecule has 1 aromatic heterocycles. The van der Waals surface area contributed by atoms with Crippen LogP contribution in [0.3, 0.4) is 0 Å². The second-order valence-electron chi connectivity index (χ2n) is 7.05. The summed E-state index contributed by atoms with van der Waals surface area (Å²) < 4.78 is 19.5. The van der Waals surface area contributed by atoms with Crippen LogP contribution in [-0.2, 0) is 0 Å². The summed E-state index contributed by atoms with van der Waals surface area (Å²) in [6.45, 7) is 1.04. The highest BCUT2D eigenvalue weighted by atomic mass is 19.1. The van der Waals surface area contributed by atoms with Gasteiger partial charge in [0.05, 0.1) is 5.56 Å². The summed E-state index contributed by atoms with van der Waals surface area (Å²) in [6.07, 6.45) is 1.34. The number of hydrogen-bond donors (Lipinski definition) is 1. The average molecular weight is 392 g/mol. The lowest BCUT2D eigenvalue weighted by atomic mass is 10.0. The van der Waals surface area contributed by atoms with Crippen molar-refractivity contribution < 1.29 is 18.4 Å². The monoisotopic (exact) mass is 392 g/mol. The number of nitrogens with one attached hydrogen (secondary N) is 1. The van der Waals surface area contributed by atoms with Gasteiger partial charge in [0.1, 0.15) is 11.6 Å². The van der Waals surface area contributed by atoms with E-state index in [0.717, 1.165) is 0 Å². The van der Waals surface area contributed by atoms with Gasteiger partial charge in [0.15, 0.2) is 5.76 Å². The Labute approximate surface area is 168 Å². The molecule has 0 saturated carbocycles. The Hall–Kier alpha value is -3.41. The lowest BCUT2D eigenvalue weighted by Crippen LogP contribution is -2.46. The van der Waals surface area contributed by atoms with Gasteiger partial charge in [0, 0.05) is 24.7 Å². The molecule has 2 heterocycles. The summed E-state index contributed by atoms with van der Waals surface area (Å²) in [5.74, 6) is -0.196. The molecule has 1 N–H and O–H groups in total. The first-order valence-electron chi connectivity index (χ1n) is 9.62. The molecule has 2 amide bonds. The molecular weight excluding hydrogens is 371 g/mol. The summed E-state index contributed by atoms with van der Waals surface area (Å²) in [5.41, 5.74) is 0.955. The molecule has 3 aromatic rings. The van der Waals surface area contributed by atoms with Crippen LogP contribution in [0.25, 0.3) is 11.3 Å². The molecule has 0 bridgehead atoms. The van der Waals surface area contributed by atoms with Crippen LogP contribution < -0.4 is 5.32 Å². The Kier molecular flexibility index (Phi) is 5.42. The molecule has 1 aliphatic heterocycles. The Bertz CT molecular complexity index is 1010. The third kappa shape index (κ3) is 4.21. The maximum atomic E-state index is 13.9. The highest BCUT2D eigenvalue weighted by Gasteiger charge is 2.26. The maximum Gasteiger partial charge on any atom is 0.289 e. The largest absolute Gasteiger partial charge is 0.451 e. The van der Waals surface area contributed by atoms with Crippen LogP contribution in [0, 0.1) is 5.82 Å². The van der Waals surface area contributed by atoms with Crippen LogP contribution in [0.2, 0.25) is 0 Å². The molecule has 6 heteroatoms. The lowest BCUT2D eigenvalue weighted by Gasteiger charge is -2.31. The number of likely N-dealkylation sites (tertiary alicyclic amines) is 1. The fourth-order valence-corrected chi connectivity index (χ4v) is 3.50. The number of furan rings is 1. The number of benzene rings is 2. The van der Waals surface area contributed by atoms with E-state index in [4.69, 9.17) is 4.42 Å². The highest BCUT2D eigenvalue weighted by Crippen LogP contribution is 2.26. The number of piperidine rings is 1. The molecule has 1 fully saturated rings. The van der Waals surface area contributed by atoms with Gasteiger partial charge in [0.2, 0.25) is 0 Å². The van der Waals surface area contributed by atoms with Gasteiger partial charge in [-0.3, -0.25) is 9.59 Å². The van der Waals surface area contributed by atoms with Gasteiger partial charge in [0.25, 0.3) is 11.8 Å². The third-order valence-corrected chi connectivity index (χ3v) is 5.11. The molecule has 0 unspecified atom stereocenters. The standard InChI is InChI=1S/C23H21FN2O3/c24-19-9-5-4-8-18(19)20-10-11-21(29-20)23(28)26-14-12-17(13-15-26)25-22(27)16-6-2-1-3-7-16/h1-11,17H,12-15H2,(H,25,27). The zero-order valence-electron chi connectivity index (χ0n) is 15.8. The molecule has 148 valence electrons. The van der Waals surface area contributed by atoms with Gasteiger partial charge in [-0.1, -0.05) is 30.3 Å². The van der Waals surface area contributed by atoms with E-state index in [0.29, 0.717) is 42.8 Å². The third-order valence-electron chi connectivity index (χ3n) is 5.11. The Morgan fingerprint density at radius 2 is 1.62 bits per heavy atom. The average Bonchev–Trinajstić information content (AvgIpc) is 3.25. The molecule has 2 aromatic carbocycles. The highest BCUT2D eigenvalue weighted by molar-refractivity contribution is 5.94. The quantitative estimate of drug-likeness (QED) is 0.727. The molecule has 0 atom stereocenters. The number of nitrogens with zero attached hydrogens (tertiary/aromatic N) is 1. The summed E-state index contributed by atoms with van der Waals surface area (Å²) >= 11 is 0. The van der Waals surface area contributed by atoms with Crippen molar-refractivity contribution in [3.05, 3.63) is 83.9 Å². The van der Waals surface area contributed by atoms with Crippen molar-refractivity contribution in [2.24, 2.45) is 0 Å². The van der Waals surface area contributed by atoms with Crippen LogP contribution in [-0.4, -0.2) is 35.8 Å². The van der Waals surface area contributed by atoms with Crippen molar-refractivity contribution in [3.63, 3.8) is 0 Å². The van der Waals surface area contributed by atoms with Crippen molar-refractivity contribution >= 4 is 11.8 Å². The van der Waals surface area contributed by atoms with E-state index in [1.807, 2.05) is 18.2 Å². The predicted molar refractivity (Wildman–Crippen MR) is 107 cm³/mol. The maximum absolute atomic E-state index is 13.9. The predicted octanol–water partition coefficient (Wildman–Crippen LogP) is 4.12. The zero-order chi connectivity index (χ0) is 20.2. The topological polar surface area (TPSA) is 62.6 Å². The van der Waals surface area contributed by atoms with E-state index >= 15 is 0 Å². The van der Waals surface area contributed by atoms with Gasteiger partial charge in [-0.15, -0.1) is 0 Å². The van der Waals surface area contributed by atoms with E-state index in [-0.39, 0.29) is 23.6 Å². The van der Waals surface area contributed by atoms with Crippen molar-refractivity contribution in [2.45, 2.75) is 18.9 Å². The minimum Gasteiger partial charge on any atom is -0.451 e. The van der Waals surface area contributed by atoms with Gasteiger partial charge in [-0.2, -0.15) is 0 Å². The smallest absolute Gasteiger partial charge is 0.289 e. The summed E-state index contributed by atoms with van der Waals surface area (Å²) in [5, 5.41) is 3.02. The Morgan fingerprint density at radius 3 is 2.34 bits per heavy atom. The number of amides is 2. The molecule has 0 spiro atoms. The number of carbonyl (C=O) groups is 2. The van der Waals surface area contributed by atoms with Crippen molar-refractivity contribution in [1.82, 2.24) is 10.2 Å². The fourth-order valence-electron chi connectivity index (χ4n) is 3.50. The van der Waals surface area contributed by atoms with Crippen molar-refractivity contribution in [1.29, 1.82) is 0 Å². The summed E-state index contributed by atoms with van der Waals surface area (Å²) in [4.78, 5) is 26.7. The number of carbonyl (C=O) groups excluding carboxylic acids is 2. The minimum atomic E-state index is -0.393. The number of rotatable bonds is 4. The summed E-state index contributed by atoms with van der Waals surface area (Å²) in [6, 6.07) is 18.6. The molecule has 0 aliphatic carbocycles. The van der Waals surface area contributed by atoms with Gasteiger partial charge >= 0.3 is 0 Å². The van der Waals surface area contributed by atoms with Gasteiger partial charge in [-0.25, -0.2) is 4.39 Å². The second kappa shape index (κ2) is 8.31. The van der Waals surface area contributed by atoms with E-state index in [1.54, 1.807) is 47.4 Å². The Balaban J connectivity index is 1.35. The Morgan fingerprint density at radius 1 is 0.931 bits per heavy atom.